The molecular weight excluding hydrogens is 270 g/mol. The molecule has 0 atom stereocenters. The van der Waals surface area contributed by atoms with E-state index >= 15 is 0 Å². The molecule has 1 fully saturated rings. The van der Waals surface area contributed by atoms with E-state index in [2.05, 4.69) is 15.2 Å². The van der Waals surface area contributed by atoms with Gasteiger partial charge in [0, 0.05) is 31.0 Å². The molecule has 1 amide bonds. The average molecular weight is 291 g/mol. The van der Waals surface area contributed by atoms with Gasteiger partial charge in [0.2, 0.25) is 0 Å². The van der Waals surface area contributed by atoms with Crippen molar-refractivity contribution >= 4 is 11.9 Å². The van der Waals surface area contributed by atoms with Gasteiger partial charge in [0.1, 0.15) is 0 Å². The molecular formula is C15H21N3O3. The Morgan fingerprint density at radius 2 is 1.95 bits per heavy atom. The molecule has 0 spiro atoms. The first-order valence-corrected chi connectivity index (χ1v) is 7.02. The molecule has 0 aromatic carbocycles. The van der Waals surface area contributed by atoms with Gasteiger partial charge in [-0.05, 0) is 32.0 Å². The van der Waals surface area contributed by atoms with E-state index in [1.54, 1.807) is 24.5 Å². The number of carbonyl (C=O) groups excluding carboxylic acids is 2. The van der Waals surface area contributed by atoms with Crippen molar-refractivity contribution in [2.24, 2.45) is 0 Å². The summed E-state index contributed by atoms with van der Waals surface area (Å²) in [7, 11) is 3.41. The van der Waals surface area contributed by atoms with Crippen molar-refractivity contribution < 1.29 is 14.3 Å². The minimum absolute atomic E-state index is 0.175. The average Bonchev–Trinajstić information content (AvgIpc) is 2.51. The van der Waals surface area contributed by atoms with Crippen LogP contribution in [0.4, 0.5) is 0 Å². The van der Waals surface area contributed by atoms with Crippen LogP contribution in [-0.2, 0) is 9.53 Å². The molecule has 1 aliphatic heterocycles. The quantitative estimate of drug-likeness (QED) is 0.832. The number of nitrogens with one attached hydrogen (secondary N) is 1. The van der Waals surface area contributed by atoms with Crippen molar-refractivity contribution in [3.05, 3.63) is 30.1 Å². The van der Waals surface area contributed by atoms with E-state index in [1.165, 1.54) is 7.11 Å². The summed E-state index contributed by atoms with van der Waals surface area (Å²) in [5.74, 6) is -0.472. The van der Waals surface area contributed by atoms with Gasteiger partial charge in [0.25, 0.3) is 5.91 Å². The molecule has 1 aromatic rings. The third kappa shape index (κ3) is 4.01. The number of carbonyl (C=O) groups is 2. The van der Waals surface area contributed by atoms with E-state index in [0.717, 1.165) is 25.9 Å². The Labute approximate surface area is 124 Å². The summed E-state index contributed by atoms with van der Waals surface area (Å²) in [4.78, 5) is 30.1. The summed E-state index contributed by atoms with van der Waals surface area (Å²) in [5, 5.41) is 3.04. The van der Waals surface area contributed by atoms with Crippen molar-refractivity contribution in [3.63, 3.8) is 0 Å². The second kappa shape index (κ2) is 6.67. The summed E-state index contributed by atoms with van der Waals surface area (Å²) in [6, 6.07) is 3.33. The maximum atomic E-state index is 12.4. The summed E-state index contributed by atoms with van der Waals surface area (Å²) in [5.41, 5.74) is 0.0214. The van der Waals surface area contributed by atoms with Crippen LogP contribution in [-0.4, -0.2) is 54.5 Å². The molecule has 6 heteroatoms. The van der Waals surface area contributed by atoms with Crippen LogP contribution in [0.15, 0.2) is 24.5 Å². The number of piperidine rings is 1. The van der Waals surface area contributed by atoms with Crippen molar-refractivity contribution in [3.8, 4) is 0 Å². The Balaban J connectivity index is 2.12. The fourth-order valence-corrected chi connectivity index (χ4v) is 2.56. The van der Waals surface area contributed by atoms with E-state index in [1.807, 2.05) is 7.05 Å². The normalized spacial score (nSPS) is 18.0. The highest BCUT2D eigenvalue weighted by molar-refractivity contribution is 5.94. The number of aromatic nitrogens is 1. The Morgan fingerprint density at radius 3 is 2.52 bits per heavy atom. The number of esters is 1. The lowest BCUT2D eigenvalue weighted by Gasteiger charge is -2.40. The number of nitrogens with zero attached hydrogens (tertiary/aromatic N) is 2. The van der Waals surface area contributed by atoms with Crippen LogP contribution in [0.5, 0.6) is 0 Å². The number of rotatable bonds is 4. The molecule has 1 aromatic heterocycles. The minimum atomic E-state index is -0.528. The van der Waals surface area contributed by atoms with Gasteiger partial charge in [-0.3, -0.25) is 14.6 Å². The number of hydrogen-bond donors (Lipinski definition) is 1. The first-order valence-electron chi connectivity index (χ1n) is 7.02. The molecule has 1 aliphatic rings. The molecule has 21 heavy (non-hydrogen) atoms. The van der Waals surface area contributed by atoms with E-state index in [9.17, 15) is 9.59 Å². The number of pyridine rings is 1. The Hall–Kier alpha value is -1.95. The number of ether oxygens (including phenoxy) is 1. The van der Waals surface area contributed by atoms with Crippen LogP contribution in [0.1, 0.15) is 29.6 Å². The Kier molecular flexibility index (Phi) is 4.90. The van der Waals surface area contributed by atoms with E-state index in [0.29, 0.717) is 5.56 Å². The number of methoxy groups -OCH3 is 1. The molecule has 0 aliphatic carbocycles. The lowest BCUT2D eigenvalue weighted by atomic mass is 9.84. The highest BCUT2D eigenvalue weighted by atomic mass is 16.5. The van der Waals surface area contributed by atoms with E-state index in [-0.39, 0.29) is 18.3 Å². The van der Waals surface area contributed by atoms with Gasteiger partial charge in [0.05, 0.1) is 19.1 Å². The smallest absolute Gasteiger partial charge is 0.307 e. The van der Waals surface area contributed by atoms with Gasteiger partial charge in [0.15, 0.2) is 0 Å². The second-order valence-electron chi connectivity index (χ2n) is 5.53. The van der Waals surface area contributed by atoms with Crippen molar-refractivity contribution in [1.82, 2.24) is 15.2 Å². The molecule has 0 bridgehead atoms. The second-order valence-corrected chi connectivity index (χ2v) is 5.53. The van der Waals surface area contributed by atoms with Gasteiger partial charge < -0.3 is 15.0 Å². The fourth-order valence-electron chi connectivity index (χ4n) is 2.56. The summed E-state index contributed by atoms with van der Waals surface area (Å²) in [6.07, 6.45) is 4.83. The number of likely N-dealkylation sites (tertiary alicyclic amines) is 1. The Morgan fingerprint density at radius 1 is 1.33 bits per heavy atom. The SMILES string of the molecule is COC(=O)CC1(NC(=O)c2ccncc2)CCN(C)CC1. The molecule has 2 rings (SSSR count). The van der Waals surface area contributed by atoms with E-state index in [4.69, 9.17) is 4.74 Å². The minimum Gasteiger partial charge on any atom is -0.469 e. The van der Waals surface area contributed by atoms with Gasteiger partial charge in [-0.2, -0.15) is 0 Å². The molecule has 0 saturated carbocycles. The van der Waals surface area contributed by atoms with Crippen LogP contribution in [0.2, 0.25) is 0 Å². The third-order valence-corrected chi connectivity index (χ3v) is 3.98. The summed E-state index contributed by atoms with van der Waals surface area (Å²) >= 11 is 0. The first-order chi connectivity index (χ1) is 10.0. The van der Waals surface area contributed by atoms with Crippen molar-refractivity contribution in [2.45, 2.75) is 24.8 Å². The molecule has 114 valence electrons. The molecule has 6 nitrogen and oxygen atoms in total. The molecule has 2 heterocycles. The zero-order valence-electron chi connectivity index (χ0n) is 12.5. The van der Waals surface area contributed by atoms with Gasteiger partial charge in [-0.15, -0.1) is 0 Å². The van der Waals surface area contributed by atoms with E-state index < -0.39 is 5.54 Å². The van der Waals surface area contributed by atoms with Crippen LogP contribution < -0.4 is 5.32 Å². The van der Waals surface area contributed by atoms with Gasteiger partial charge >= 0.3 is 5.97 Å². The maximum Gasteiger partial charge on any atom is 0.307 e. The summed E-state index contributed by atoms with van der Waals surface area (Å²) < 4.78 is 4.78. The predicted octanol–water partition coefficient (Wildman–Crippen LogP) is 0.839. The fraction of sp³-hybridized carbons (Fsp3) is 0.533. The lowest BCUT2D eigenvalue weighted by Crippen LogP contribution is -2.55. The maximum absolute atomic E-state index is 12.4. The summed E-state index contributed by atoms with van der Waals surface area (Å²) in [6.45, 7) is 1.68. The molecule has 1 saturated heterocycles. The van der Waals surface area contributed by atoms with Crippen LogP contribution in [0.25, 0.3) is 0 Å². The topological polar surface area (TPSA) is 71.5 Å². The standard InChI is InChI=1S/C15H21N3O3/c1-18-9-5-15(6-10-18,11-13(19)21-2)17-14(20)12-3-7-16-8-4-12/h3-4,7-8H,5-6,9-11H2,1-2H3,(H,17,20). The van der Waals surface area contributed by atoms with Gasteiger partial charge in [-0.25, -0.2) is 0 Å². The molecule has 0 unspecified atom stereocenters. The van der Waals surface area contributed by atoms with Crippen molar-refractivity contribution in [2.75, 3.05) is 27.2 Å². The van der Waals surface area contributed by atoms with Crippen LogP contribution >= 0.6 is 0 Å². The van der Waals surface area contributed by atoms with Crippen molar-refractivity contribution in [1.29, 1.82) is 0 Å². The molecule has 1 N–H and O–H groups in total. The van der Waals surface area contributed by atoms with Crippen LogP contribution in [0, 0.1) is 0 Å². The lowest BCUT2D eigenvalue weighted by molar-refractivity contribution is -0.142. The first kappa shape index (κ1) is 15.4. The van der Waals surface area contributed by atoms with Gasteiger partial charge in [-0.1, -0.05) is 0 Å². The third-order valence-electron chi connectivity index (χ3n) is 3.98. The predicted molar refractivity (Wildman–Crippen MR) is 77.8 cm³/mol. The zero-order chi connectivity index (χ0) is 15.3. The molecule has 0 radical (unpaired) electrons. The highest BCUT2D eigenvalue weighted by Gasteiger charge is 2.37. The monoisotopic (exact) mass is 291 g/mol. The Bertz CT molecular complexity index is 496. The van der Waals surface area contributed by atoms with Crippen LogP contribution in [0.3, 0.4) is 0 Å². The largest absolute Gasteiger partial charge is 0.469 e. The number of amides is 1. The number of hydrogen-bond acceptors (Lipinski definition) is 5. The zero-order valence-corrected chi connectivity index (χ0v) is 12.5. The highest BCUT2D eigenvalue weighted by Crippen LogP contribution is 2.26.